The van der Waals surface area contributed by atoms with Gasteiger partial charge in [0.2, 0.25) is 0 Å². The summed E-state index contributed by atoms with van der Waals surface area (Å²) >= 11 is 11.2. The second-order valence-corrected chi connectivity index (χ2v) is 8.09. The molecule has 0 amide bonds. The standard InChI is InChI=1S/C18H13N3O3.C6H5Cl2N/c19-15-11-4-2-1-3-9(11)7-12(17(15)23)16(22)10-5-6-13-14(8-10)21-18(24)20-13;7-4-1-2-5(8)6(9)3-4/h1-8,23H,19H2,(H2,20,21,24);1-3H,9H2. The molecule has 7 N–H and O–H groups in total. The first kappa shape index (κ1) is 22.3. The third kappa shape index (κ3) is 4.50. The van der Waals surface area contributed by atoms with E-state index in [2.05, 4.69) is 9.97 Å². The number of imidazole rings is 1. The predicted molar refractivity (Wildman–Crippen MR) is 133 cm³/mol. The van der Waals surface area contributed by atoms with Crippen LogP contribution in [0.3, 0.4) is 0 Å². The molecule has 0 fully saturated rings. The Morgan fingerprint density at radius 1 is 0.879 bits per heavy atom. The second-order valence-electron chi connectivity index (χ2n) is 7.24. The molecule has 9 heteroatoms. The lowest BCUT2D eigenvalue weighted by molar-refractivity contribution is 0.103. The van der Waals surface area contributed by atoms with E-state index in [1.807, 2.05) is 18.2 Å². The Morgan fingerprint density at radius 2 is 1.61 bits per heavy atom. The van der Waals surface area contributed by atoms with Crippen molar-refractivity contribution in [3.05, 3.63) is 98.4 Å². The van der Waals surface area contributed by atoms with Gasteiger partial charge in [-0.15, -0.1) is 0 Å². The molecule has 0 aliphatic carbocycles. The number of carbonyl (C=O) groups is 1. The number of fused-ring (bicyclic) bond motifs is 2. The van der Waals surface area contributed by atoms with E-state index < -0.39 is 0 Å². The zero-order valence-electron chi connectivity index (χ0n) is 17.0. The van der Waals surface area contributed by atoms with Crippen LogP contribution in [0.15, 0.2) is 71.5 Å². The van der Waals surface area contributed by atoms with Gasteiger partial charge in [-0.3, -0.25) is 4.79 Å². The van der Waals surface area contributed by atoms with Gasteiger partial charge in [-0.1, -0.05) is 47.5 Å². The summed E-state index contributed by atoms with van der Waals surface area (Å²) in [6, 6.07) is 18.7. The zero-order valence-corrected chi connectivity index (χ0v) is 18.5. The van der Waals surface area contributed by atoms with E-state index >= 15 is 0 Å². The highest BCUT2D eigenvalue weighted by atomic mass is 35.5. The van der Waals surface area contributed by atoms with Crippen LogP contribution in [0.1, 0.15) is 15.9 Å². The number of H-pyrrole nitrogens is 2. The predicted octanol–water partition coefficient (Wildman–Crippen LogP) is 5.10. The molecule has 0 saturated carbocycles. The van der Waals surface area contributed by atoms with Crippen molar-refractivity contribution in [3.63, 3.8) is 0 Å². The van der Waals surface area contributed by atoms with E-state index in [0.29, 0.717) is 37.7 Å². The lowest BCUT2D eigenvalue weighted by Gasteiger charge is -2.10. The zero-order chi connectivity index (χ0) is 23.7. The highest BCUT2D eigenvalue weighted by Gasteiger charge is 2.18. The number of nitrogens with one attached hydrogen (secondary N) is 2. The van der Waals surface area contributed by atoms with Crippen LogP contribution in [0, 0.1) is 0 Å². The minimum atomic E-state index is -0.367. The number of phenols is 1. The second kappa shape index (κ2) is 8.90. The van der Waals surface area contributed by atoms with Crippen molar-refractivity contribution in [3.8, 4) is 5.75 Å². The molecule has 0 aliphatic heterocycles. The Kier molecular flexibility index (Phi) is 6.00. The van der Waals surface area contributed by atoms with E-state index in [-0.39, 0.29) is 28.5 Å². The van der Waals surface area contributed by atoms with Crippen LogP contribution >= 0.6 is 23.2 Å². The van der Waals surface area contributed by atoms with Gasteiger partial charge < -0.3 is 26.5 Å². The van der Waals surface area contributed by atoms with Crippen LogP contribution in [0.5, 0.6) is 5.75 Å². The number of nitrogens with two attached hydrogens (primary N) is 2. The number of carbonyl (C=O) groups excluding carboxylic acids is 1. The molecule has 0 atom stereocenters. The number of benzene rings is 4. The van der Waals surface area contributed by atoms with Crippen LogP contribution in [-0.4, -0.2) is 20.9 Å². The molecule has 33 heavy (non-hydrogen) atoms. The Balaban J connectivity index is 0.000000243. The Bertz CT molecular complexity index is 1570. The van der Waals surface area contributed by atoms with Crippen molar-refractivity contribution >= 4 is 62.2 Å². The molecule has 5 aromatic rings. The molecule has 5 rings (SSSR count). The number of phenolic OH excluding ortho intramolecular Hbond substituents is 1. The first-order valence-electron chi connectivity index (χ1n) is 9.72. The average molecular weight is 481 g/mol. The van der Waals surface area contributed by atoms with E-state index in [9.17, 15) is 14.7 Å². The molecule has 0 unspecified atom stereocenters. The van der Waals surface area contributed by atoms with E-state index in [1.165, 1.54) is 0 Å². The minimum Gasteiger partial charge on any atom is -0.505 e. The number of rotatable bonds is 2. The highest BCUT2D eigenvalue weighted by Crippen LogP contribution is 2.35. The third-order valence-electron chi connectivity index (χ3n) is 5.04. The summed E-state index contributed by atoms with van der Waals surface area (Å²) < 4.78 is 0. The Labute approximate surface area is 197 Å². The third-order valence-corrected chi connectivity index (χ3v) is 5.62. The average Bonchev–Trinajstić information content (AvgIpc) is 3.18. The molecule has 0 radical (unpaired) electrons. The topological polar surface area (TPSA) is 138 Å². The molecular formula is C24H18Cl2N4O3. The number of hydrogen-bond acceptors (Lipinski definition) is 5. The fraction of sp³-hybridized carbons (Fsp3) is 0. The van der Waals surface area contributed by atoms with Crippen LogP contribution in [0.4, 0.5) is 11.4 Å². The lowest BCUT2D eigenvalue weighted by atomic mass is 9.97. The van der Waals surface area contributed by atoms with E-state index in [4.69, 9.17) is 34.7 Å². The summed E-state index contributed by atoms with van der Waals surface area (Å²) in [5.74, 6) is -0.602. The van der Waals surface area contributed by atoms with Crippen molar-refractivity contribution in [1.82, 2.24) is 9.97 Å². The maximum Gasteiger partial charge on any atom is 0.323 e. The van der Waals surface area contributed by atoms with Crippen LogP contribution in [0.25, 0.3) is 21.8 Å². The van der Waals surface area contributed by atoms with Crippen molar-refractivity contribution in [2.45, 2.75) is 0 Å². The first-order chi connectivity index (χ1) is 15.7. The van der Waals surface area contributed by atoms with Crippen molar-refractivity contribution in [1.29, 1.82) is 0 Å². The maximum absolute atomic E-state index is 12.8. The number of hydrogen-bond donors (Lipinski definition) is 5. The quantitative estimate of drug-likeness (QED) is 0.136. The van der Waals surface area contributed by atoms with E-state index in [1.54, 1.807) is 48.5 Å². The molecule has 0 aliphatic rings. The normalized spacial score (nSPS) is 10.7. The van der Waals surface area contributed by atoms with Crippen LogP contribution in [0.2, 0.25) is 10.0 Å². The SMILES string of the molecule is Nc1c(O)c(C(=O)c2ccc3[nH]c(=O)[nH]c3c2)cc2ccccc12.Nc1cc(Cl)ccc1Cl. The molecular weight excluding hydrogens is 463 g/mol. The number of halogens is 2. The van der Waals surface area contributed by atoms with Crippen molar-refractivity contribution in [2.75, 3.05) is 11.5 Å². The van der Waals surface area contributed by atoms with Gasteiger partial charge in [0.05, 0.1) is 33.0 Å². The van der Waals surface area contributed by atoms with Gasteiger partial charge in [0, 0.05) is 16.0 Å². The number of nitrogen functional groups attached to an aromatic ring is 2. The van der Waals surface area contributed by atoms with Gasteiger partial charge in [0.25, 0.3) is 0 Å². The fourth-order valence-corrected chi connectivity index (χ4v) is 3.68. The number of anilines is 2. The molecule has 0 bridgehead atoms. The fourth-order valence-electron chi connectivity index (χ4n) is 3.38. The summed E-state index contributed by atoms with van der Waals surface area (Å²) in [5.41, 5.74) is 13.3. The molecule has 1 heterocycles. The minimum absolute atomic E-state index is 0.128. The van der Waals surface area contributed by atoms with Crippen LogP contribution in [-0.2, 0) is 0 Å². The first-order valence-corrected chi connectivity index (χ1v) is 10.5. The maximum atomic E-state index is 12.8. The number of aromatic amines is 2. The molecule has 166 valence electrons. The van der Waals surface area contributed by atoms with Gasteiger partial charge in [-0.25, -0.2) is 4.79 Å². The van der Waals surface area contributed by atoms with E-state index in [0.717, 1.165) is 5.39 Å². The summed E-state index contributed by atoms with van der Waals surface area (Å²) in [5, 5.41) is 12.9. The van der Waals surface area contributed by atoms with Crippen molar-refractivity contribution in [2.24, 2.45) is 0 Å². The lowest BCUT2D eigenvalue weighted by Crippen LogP contribution is -2.04. The largest absolute Gasteiger partial charge is 0.505 e. The number of aromatic hydroxyl groups is 1. The number of aromatic nitrogens is 2. The molecule has 4 aromatic carbocycles. The van der Waals surface area contributed by atoms with Gasteiger partial charge in [0.15, 0.2) is 5.78 Å². The highest BCUT2D eigenvalue weighted by molar-refractivity contribution is 6.35. The summed E-state index contributed by atoms with van der Waals surface area (Å²) in [7, 11) is 0. The molecule has 0 saturated heterocycles. The summed E-state index contributed by atoms with van der Waals surface area (Å²) in [6.45, 7) is 0. The van der Waals surface area contributed by atoms with Crippen molar-refractivity contribution < 1.29 is 9.90 Å². The monoisotopic (exact) mass is 480 g/mol. The van der Waals surface area contributed by atoms with Gasteiger partial charge in [-0.2, -0.15) is 0 Å². The Morgan fingerprint density at radius 3 is 2.33 bits per heavy atom. The molecule has 0 spiro atoms. The summed E-state index contributed by atoms with van der Waals surface area (Å²) in [4.78, 5) is 29.4. The van der Waals surface area contributed by atoms with Crippen LogP contribution < -0.4 is 17.2 Å². The Hall–Kier alpha value is -3.94. The molecule has 7 nitrogen and oxygen atoms in total. The number of ketones is 1. The summed E-state index contributed by atoms with van der Waals surface area (Å²) in [6.07, 6.45) is 0. The molecule has 1 aromatic heterocycles. The van der Waals surface area contributed by atoms with Gasteiger partial charge in [0.1, 0.15) is 5.75 Å². The van der Waals surface area contributed by atoms with Gasteiger partial charge >= 0.3 is 5.69 Å². The smallest absolute Gasteiger partial charge is 0.323 e. The van der Waals surface area contributed by atoms with Gasteiger partial charge in [-0.05, 0) is 47.9 Å².